The molecular formula is C23H32F3NO3S. The number of alkyl halides is 3. The molecule has 0 spiro atoms. The van der Waals surface area contributed by atoms with Crippen molar-refractivity contribution in [2.45, 2.75) is 76.3 Å². The van der Waals surface area contributed by atoms with E-state index in [0.717, 1.165) is 31.4 Å². The van der Waals surface area contributed by atoms with Crippen molar-refractivity contribution in [3.63, 3.8) is 0 Å². The molecule has 1 fully saturated rings. The van der Waals surface area contributed by atoms with Crippen molar-refractivity contribution in [1.29, 1.82) is 0 Å². The standard InChI is InChI=1S/C23H32F3NO3S/c1-5-15-30-20(28)22(16-17-10-12-18(13-11-17)23(24,25)26)14-8-6-7-9-19(22)27-31(29)21(2,3)4/h5,10-13,19,27H,1,6-9,14-16H2,2-4H3/t19-,22+,31?/m1/s1. The van der Waals surface area contributed by atoms with Gasteiger partial charge in [0.15, 0.2) is 0 Å². The zero-order valence-electron chi connectivity index (χ0n) is 18.4. The van der Waals surface area contributed by atoms with Crippen LogP contribution in [-0.4, -0.2) is 27.9 Å². The number of halogens is 3. The van der Waals surface area contributed by atoms with Crippen LogP contribution in [0.1, 0.15) is 64.0 Å². The maximum absolute atomic E-state index is 13.3. The number of benzene rings is 1. The lowest BCUT2D eigenvalue weighted by Gasteiger charge is -2.39. The molecule has 0 bridgehead atoms. The van der Waals surface area contributed by atoms with Gasteiger partial charge in [-0.25, -0.2) is 0 Å². The molecule has 1 aliphatic rings. The van der Waals surface area contributed by atoms with Crippen LogP contribution in [0.2, 0.25) is 0 Å². The van der Waals surface area contributed by atoms with Gasteiger partial charge in [-0.05, 0) is 57.7 Å². The largest absolute Gasteiger partial charge is 0.598 e. The highest BCUT2D eigenvalue weighted by Gasteiger charge is 2.50. The van der Waals surface area contributed by atoms with E-state index in [1.54, 1.807) is 0 Å². The molecule has 0 radical (unpaired) electrons. The molecule has 0 saturated heterocycles. The molecule has 0 aliphatic heterocycles. The molecule has 31 heavy (non-hydrogen) atoms. The number of nitrogens with one attached hydrogen (secondary N) is 1. The zero-order valence-corrected chi connectivity index (χ0v) is 19.2. The van der Waals surface area contributed by atoms with Crippen molar-refractivity contribution in [1.82, 2.24) is 4.72 Å². The fourth-order valence-corrected chi connectivity index (χ4v) is 4.83. The Morgan fingerprint density at radius 3 is 2.45 bits per heavy atom. The third kappa shape index (κ3) is 6.73. The molecular weight excluding hydrogens is 427 g/mol. The number of carbonyl (C=O) groups is 1. The third-order valence-electron chi connectivity index (χ3n) is 5.63. The van der Waals surface area contributed by atoms with Crippen molar-refractivity contribution < 1.29 is 27.3 Å². The second kappa shape index (κ2) is 10.4. The molecule has 0 amide bonds. The molecule has 0 aromatic heterocycles. The fraction of sp³-hybridized carbons (Fsp3) is 0.609. The van der Waals surface area contributed by atoms with E-state index in [1.165, 1.54) is 18.2 Å². The van der Waals surface area contributed by atoms with E-state index in [4.69, 9.17) is 4.74 Å². The lowest BCUT2D eigenvalue weighted by Crippen LogP contribution is -2.56. The maximum Gasteiger partial charge on any atom is 0.416 e. The summed E-state index contributed by atoms with van der Waals surface area (Å²) >= 11 is -1.41. The molecule has 174 valence electrons. The van der Waals surface area contributed by atoms with Gasteiger partial charge in [0.05, 0.1) is 17.0 Å². The highest BCUT2D eigenvalue weighted by molar-refractivity contribution is 7.90. The van der Waals surface area contributed by atoms with Crippen LogP contribution in [0.5, 0.6) is 0 Å². The number of carbonyl (C=O) groups excluding carboxylic acids is 1. The molecule has 1 saturated carbocycles. The molecule has 0 heterocycles. The Balaban J connectivity index is 2.43. The number of hydrogen-bond donors (Lipinski definition) is 1. The van der Waals surface area contributed by atoms with Gasteiger partial charge in [-0.3, -0.25) is 4.79 Å². The van der Waals surface area contributed by atoms with E-state index in [-0.39, 0.29) is 13.0 Å². The molecule has 1 unspecified atom stereocenters. The molecule has 1 N–H and O–H groups in total. The van der Waals surface area contributed by atoms with Crippen molar-refractivity contribution in [3.05, 3.63) is 48.0 Å². The Labute approximate surface area is 185 Å². The van der Waals surface area contributed by atoms with Crippen molar-refractivity contribution >= 4 is 17.3 Å². The minimum Gasteiger partial charge on any atom is -0.598 e. The molecule has 1 aliphatic carbocycles. The minimum atomic E-state index is -4.42. The van der Waals surface area contributed by atoms with Gasteiger partial charge in [-0.15, -0.1) is 4.72 Å². The van der Waals surface area contributed by atoms with Crippen LogP contribution in [0, 0.1) is 5.41 Å². The van der Waals surface area contributed by atoms with Gasteiger partial charge in [-0.2, -0.15) is 13.2 Å². The Kier molecular flexibility index (Phi) is 8.64. The summed E-state index contributed by atoms with van der Waals surface area (Å²) in [7, 11) is 0. The van der Waals surface area contributed by atoms with E-state index in [1.807, 2.05) is 20.8 Å². The molecule has 4 nitrogen and oxygen atoms in total. The first-order valence-corrected chi connectivity index (χ1v) is 11.7. The summed E-state index contributed by atoms with van der Waals surface area (Å²) in [6, 6.07) is 4.46. The number of hydrogen-bond acceptors (Lipinski definition) is 4. The number of ether oxygens (including phenoxy) is 1. The zero-order chi connectivity index (χ0) is 23.3. The van der Waals surface area contributed by atoms with Crippen molar-refractivity contribution in [2.75, 3.05) is 6.61 Å². The van der Waals surface area contributed by atoms with Crippen LogP contribution in [0.15, 0.2) is 36.9 Å². The molecule has 1 aromatic carbocycles. The Bertz CT molecular complexity index is 746. The Hall–Kier alpha value is -1.51. The lowest BCUT2D eigenvalue weighted by molar-refractivity contribution is -0.157. The van der Waals surface area contributed by atoms with Gasteiger partial charge in [0, 0.05) is 11.4 Å². The summed E-state index contributed by atoms with van der Waals surface area (Å²) in [5.41, 5.74) is -1.15. The van der Waals surface area contributed by atoms with Crippen LogP contribution >= 0.6 is 0 Å². The van der Waals surface area contributed by atoms with Crippen LogP contribution in [-0.2, 0) is 33.5 Å². The predicted octanol–water partition coefficient (Wildman–Crippen LogP) is 5.35. The third-order valence-corrected chi connectivity index (χ3v) is 7.24. The minimum absolute atomic E-state index is 0.0443. The van der Waals surface area contributed by atoms with Gasteiger partial charge in [0.1, 0.15) is 11.4 Å². The molecule has 8 heteroatoms. The fourth-order valence-electron chi connectivity index (χ4n) is 3.88. The predicted molar refractivity (Wildman–Crippen MR) is 117 cm³/mol. The first-order valence-electron chi connectivity index (χ1n) is 10.5. The van der Waals surface area contributed by atoms with Gasteiger partial charge in [0.25, 0.3) is 0 Å². The highest BCUT2D eigenvalue weighted by atomic mass is 32.2. The van der Waals surface area contributed by atoms with Crippen molar-refractivity contribution in [2.24, 2.45) is 5.41 Å². The smallest absolute Gasteiger partial charge is 0.416 e. The summed E-state index contributed by atoms with van der Waals surface area (Å²) in [5.74, 6) is -0.433. The second-order valence-electron chi connectivity index (χ2n) is 9.07. The first kappa shape index (κ1) is 25.7. The van der Waals surface area contributed by atoms with E-state index < -0.39 is 45.3 Å². The van der Waals surface area contributed by atoms with Crippen LogP contribution < -0.4 is 4.72 Å². The summed E-state index contributed by atoms with van der Waals surface area (Å²) in [4.78, 5) is 13.3. The van der Waals surface area contributed by atoms with Crippen LogP contribution in [0.3, 0.4) is 0 Å². The number of esters is 1. The summed E-state index contributed by atoms with van der Waals surface area (Å²) in [6.07, 6.45) is 0.969. The lowest BCUT2D eigenvalue weighted by atomic mass is 9.72. The Morgan fingerprint density at radius 1 is 1.26 bits per heavy atom. The van der Waals surface area contributed by atoms with Gasteiger partial charge < -0.3 is 9.29 Å². The van der Waals surface area contributed by atoms with Crippen LogP contribution in [0.4, 0.5) is 13.2 Å². The van der Waals surface area contributed by atoms with E-state index >= 15 is 0 Å². The van der Waals surface area contributed by atoms with Gasteiger partial charge in [0.2, 0.25) is 0 Å². The van der Waals surface area contributed by atoms with Gasteiger partial charge in [-0.1, -0.05) is 44.1 Å². The average molecular weight is 460 g/mol. The maximum atomic E-state index is 13.3. The SMILES string of the molecule is C=CCOC(=O)[C@]1(Cc2ccc(C(F)(F)F)cc2)CCCCC[C@H]1N[S+]([O-])C(C)(C)C. The quantitative estimate of drug-likeness (QED) is 0.259. The average Bonchev–Trinajstić information content (AvgIpc) is 2.88. The molecule has 3 atom stereocenters. The number of rotatable bonds is 7. The van der Waals surface area contributed by atoms with E-state index in [9.17, 15) is 22.5 Å². The van der Waals surface area contributed by atoms with E-state index in [0.29, 0.717) is 18.4 Å². The summed E-state index contributed by atoms with van der Waals surface area (Å²) < 4.78 is 59.9. The normalized spacial score (nSPS) is 23.6. The van der Waals surface area contributed by atoms with Gasteiger partial charge >= 0.3 is 12.1 Å². The summed E-state index contributed by atoms with van der Waals surface area (Å²) in [6.45, 7) is 9.17. The highest BCUT2D eigenvalue weighted by Crippen LogP contribution is 2.41. The van der Waals surface area contributed by atoms with Crippen LogP contribution in [0.25, 0.3) is 0 Å². The Morgan fingerprint density at radius 2 is 1.90 bits per heavy atom. The molecule has 2 rings (SSSR count). The summed E-state index contributed by atoms with van der Waals surface area (Å²) in [5, 5.41) is 0. The van der Waals surface area contributed by atoms with E-state index in [2.05, 4.69) is 11.3 Å². The van der Waals surface area contributed by atoms with Crippen molar-refractivity contribution in [3.8, 4) is 0 Å². The topological polar surface area (TPSA) is 61.4 Å². The monoisotopic (exact) mass is 459 g/mol. The molecule has 1 aromatic rings. The second-order valence-corrected chi connectivity index (χ2v) is 11.1. The first-order chi connectivity index (χ1) is 14.4.